The van der Waals surface area contributed by atoms with Crippen molar-refractivity contribution in [2.75, 3.05) is 20.3 Å². The van der Waals surface area contributed by atoms with Crippen molar-refractivity contribution in [3.63, 3.8) is 0 Å². The molecular formula is C24H29NO5. The zero-order valence-corrected chi connectivity index (χ0v) is 17.6. The number of carbonyl (C=O) groups excluding carboxylic acids is 1. The van der Waals surface area contributed by atoms with Crippen molar-refractivity contribution in [3.8, 4) is 17.2 Å². The quantitative estimate of drug-likeness (QED) is 0.224. The maximum atomic E-state index is 11.2. The second-order valence-electron chi connectivity index (χ2n) is 6.86. The van der Waals surface area contributed by atoms with E-state index >= 15 is 0 Å². The number of rotatable bonds is 12. The van der Waals surface area contributed by atoms with Gasteiger partial charge < -0.3 is 19.3 Å². The molecule has 6 heteroatoms. The van der Waals surface area contributed by atoms with Crippen LogP contribution in [0, 0.1) is 0 Å². The number of methoxy groups -OCH3 is 1. The summed E-state index contributed by atoms with van der Waals surface area (Å²) < 4.78 is 15.9. The van der Waals surface area contributed by atoms with Crippen molar-refractivity contribution in [2.24, 2.45) is 4.99 Å². The largest absolute Gasteiger partial charge is 0.507 e. The van der Waals surface area contributed by atoms with E-state index in [0.29, 0.717) is 30.1 Å². The average molecular weight is 411 g/mol. The molecule has 0 heterocycles. The average Bonchev–Trinajstić information content (AvgIpc) is 2.75. The molecule has 6 nitrogen and oxygen atoms in total. The molecule has 0 bridgehead atoms. The molecule has 0 saturated carbocycles. The van der Waals surface area contributed by atoms with Crippen LogP contribution in [0.5, 0.6) is 17.2 Å². The highest BCUT2D eigenvalue weighted by Gasteiger charge is 2.02. The van der Waals surface area contributed by atoms with Gasteiger partial charge >= 0.3 is 5.97 Å². The Balaban J connectivity index is 1.66. The molecule has 2 aromatic carbocycles. The fourth-order valence-electron chi connectivity index (χ4n) is 2.57. The molecular weight excluding hydrogens is 382 g/mol. The first-order valence-electron chi connectivity index (χ1n) is 9.96. The number of esters is 1. The molecule has 0 unspecified atom stereocenters. The van der Waals surface area contributed by atoms with Crippen LogP contribution in [0.1, 0.15) is 38.2 Å². The first-order chi connectivity index (χ1) is 14.5. The van der Waals surface area contributed by atoms with Gasteiger partial charge in [-0.3, -0.25) is 4.99 Å². The molecule has 0 aliphatic rings. The van der Waals surface area contributed by atoms with Gasteiger partial charge in [0.1, 0.15) is 17.2 Å². The number of nitrogens with zero attached hydrogens (tertiary/aromatic N) is 1. The number of phenols is 1. The molecule has 2 aromatic rings. The Morgan fingerprint density at radius 1 is 1.03 bits per heavy atom. The van der Waals surface area contributed by atoms with E-state index in [4.69, 9.17) is 14.2 Å². The summed E-state index contributed by atoms with van der Waals surface area (Å²) in [5.41, 5.74) is 1.81. The number of hydrogen-bond donors (Lipinski definition) is 1. The fraction of sp³-hybridized carbons (Fsp3) is 0.333. The number of benzene rings is 2. The van der Waals surface area contributed by atoms with Crippen molar-refractivity contribution in [2.45, 2.75) is 32.6 Å². The Morgan fingerprint density at radius 3 is 2.33 bits per heavy atom. The third kappa shape index (κ3) is 7.99. The van der Waals surface area contributed by atoms with E-state index in [1.165, 1.54) is 0 Å². The second-order valence-corrected chi connectivity index (χ2v) is 6.86. The second kappa shape index (κ2) is 12.3. The zero-order valence-electron chi connectivity index (χ0n) is 17.6. The molecule has 0 atom stereocenters. The molecule has 160 valence electrons. The lowest BCUT2D eigenvalue weighted by atomic mass is 10.2. The minimum absolute atomic E-state index is 0.118. The number of aliphatic imine (C=N–C) groups is 1. The third-order valence-electron chi connectivity index (χ3n) is 4.32. The number of ether oxygens (including phenoxy) is 3. The SMILES string of the molecule is C=C(C)C(=O)OCCCCCCOc1ccc(N=Cc2ccc(OC)cc2O)cc1. The van der Waals surface area contributed by atoms with Crippen LogP contribution in [0.15, 0.2) is 59.6 Å². The molecule has 0 fully saturated rings. The Bertz CT molecular complexity index is 858. The van der Waals surface area contributed by atoms with E-state index < -0.39 is 0 Å². The van der Waals surface area contributed by atoms with E-state index in [1.54, 1.807) is 38.4 Å². The smallest absolute Gasteiger partial charge is 0.333 e. The lowest BCUT2D eigenvalue weighted by molar-refractivity contribution is -0.139. The summed E-state index contributed by atoms with van der Waals surface area (Å²) in [6, 6.07) is 12.5. The fourth-order valence-corrected chi connectivity index (χ4v) is 2.57. The highest BCUT2D eigenvalue weighted by atomic mass is 16.5. The van der Waals surface area contributed by atoms with E-state index in [0.717, 1.165) is 37.1 Å². The summed E-state index contributed by atoms with van der Waals surface area (Å²) >= 11 is 0. The van der Waals surface area contributed by atoms with Crippen molar-refractivity contribution < 1.29 is 24.1 Å². The summed E-state index contributed by atoms with van der Waals surface area (Å²) in [4.78, 5) is 15.6. The van der Waals surface area contributed by atoms with Crippen molar-refractivity contribution >= 4 is 17.9 Å². The van der Waals surface area contributed by atoms with Crippen LogP contribution in [-0.2, 0) is 9.53 Å². The van der Waals surface area contributed by atoms with E-state index in [-0.39, 0.29) is 11.7 Å². The van der Waals surface area contributed by atoms with E-state index in [2.05, 4.69) is 11.6 Å². The van der Waals surface area contributed by atoms with Crippen LogP contribution < -0.4 is 9.47 Å². The van der Waals surface area contributed by atoms with Crippen LogP contribution >= 0.6 is 0 Å². The number of carbonyl (C=O) groups is 1. The monoisotopic (exact) mass is 411 g/mol. The maximum Gasteiger partial charge on any atom is 0.333 e. The molecule has 0 aliphatic carbocycles. The topological polar surface area (TPSA) is 77.4 Å². The summed E-state index contributed by atoms with van der Waals surface area (Å²) in [6.07, 6.45) is 5.38. The van der Waals surface area contributed by atoms with Crippen LogP contribution in [0.25, 0.3) is 0 Å². The van der Waals surface area contributed by atoms with Gasteiger partial charge in [-0.1, -0.05) is 6.58 Å². The van der Waals surface area contributed by atoms with Crippen LogP contribution in [0.4, 0.5) is 5.69 Å². The van der Waals surface area contributed by atoms with Gasteiger partial charge in [0.05, 0.1) is 26.0 Å². The molecule has 1 N–H and O–H groups in total. The predicted octanol–water partition coefficient (Wildman–Crippen LogP) is 5.21. The van der Waals surface area contributed by atoms with Gasteiger partial charge in [0.15, 0.2) is 0 Å². The van der Waals surface area contributed by atoms with Gasteiger partial charge in [0.25, 0.3) is 0 Å². The first kappa shape index (κ1) is 23.0. The normalized spacial score (nSPS) is 10.7. The molecule has 0 amide bonds. The first-order valence-corrected chi connectivity index (χ1v) is 9.96. The highest BCUT2D eigenvalue weighted by Crippen LogP contribution is 2.23. The summed E-state index contributed by atoms with van der Waals surface area (Å²) in [5, 5.41) is 9.96. The number of unbranched alkanes of at least 4 members (excludes halogenated alkanes) is 3. The summed E-state index contributed by atoms with van der Waals surface area (Å²) in [6.45, 7) is 6.26. The van der Waals surface area contributed by atoms with Crippen LogP contribution in [0.3, 0.4) is 0 Å². The highest BCUT2D eigenvalue weighted by molar-refractivity contribution is 5.87. The molecule has 0 saturated heterocycles. The van der Waals surface area contributed by atoms with Gasteiger partial charge in [-0.15, -0.1) is 0 Å². The van der Waals surface area contributed by atoms with Crippen molar-refractivity contribution in [1.29, 1.82) is 0 Å². The lowest BCUT2D eigenvalue weighted by Gasteiger charge is -2.07. The Labute approximate surface area is 177 Å². The molecule has 30 heavy (non-hydrogen) atoms. The molecule has 0 aromatic heterocycles. The minimum Gasteiger partial charge on any atom is -0.507 e. The Morgan fingerprint density at radius 2 is 1.70 bits per heavy atom. The number of aromatic hydroxyl groups is 1. The Hall–Kier alpha value is -3.28. The van der Waals surface area contributed by atoms with Crippen molar-refractivity contribution in [1.82, 2.24) is 0 Å². The van der Waals surface area contributed by atoms with E-state index in [9.17, 15) is 9.90 Å². The molecule has 0 radical (unpaired) electrons. The minimum atomic E-state index is -0.327. The van der Waals surface area contributed by atoms with Gasteiger partial charge in [-0.25, -0.2) is 4.79 Å². The van der Waals surface area contributed by atoms with Gasteiger partial charge in [0.2, 0.25) is 0 Å². The van der Waals surface area contributed by atoms with Gasteiger partial charge in [-0.05, 0) is 69.0 Å². The van der Waals surface area contributed by atoms with Crippen LogP contribution in [-0.4, -0.2) is 37.6 Å². The maximum absolute atomic E-state index is 11.2. The molecule has 0 aliphatic heterocycles. The van der Waals surface area contributed by atoms with Crippen molar-refractivity contribution in [3.05, 3.63) is 60.2 Å². The number of hydrogen-bond acceptors (Lipinski definition) is 6. The molecule has 0 spiro atoms. The summed E-state index contributed by atoms with van der Waals surface area (Å²) in [7, 11) is 1.55. The molecule has 2 rings (SSSR count). The van der Waals surface area contributed by atoms with Crippen LogP contribution in [0.2, 0.25) is 0 Å². The van der Waals surface area contributed by atoms with E-state index in [1.807, 2.05) is 24.3 Å². The predicted molar refractivity (Wildman–Crippen MR) is 118 cm³/mol. The summed E-state index contributed by atoms with van der Waals surface area (Å²) in [5.74, 6) is 1.17. The lowest BCUT2D eigenvalue weighted by Crippen LogP contribution is -2.06. The van der Waals surface area contributed by atoms with Gasteiger partial charge in [-0.2, -0.15) is 0 Å². The zero-order chi connectivity index (χ0) is 21.8. The van der Waals surface area contributed by atoms with Gasteiger partial charge in [0, 0.05) is 23.4 Å². The standard InChI is InChI=1S/C24H29NO5/c1-18(2)24(27)30-15-7-5-4-6-14-29-21-12-9-20(10-13-21)25-17-19-8-11-22(28-3)16-23(19)26/h8-13,16-17,26H,1,4-7,14-15H2,2-3H3. The third-order valence-corrected chi connectivity index (χ3v) is 4.32. The Kier molecular flexibility index (Phi) is 9.45. The number of phenolic OH excluding ortho intramolecular Hbond substituents is 1.